The first kappa shape index (κ1) is 19.6. The number of carbonyl (C=O) groups is 3. The van der Waals surface area contributed by atoms with Crippen LogP contribution in [0.4, 0.5) is 5.69 Å². The highest BCUT2D eigenvalue weighted by atomic mass is 79.9. The number of amides is 1. The fourth-order valence-electron chi connectivity index (χ4n) is 5.76. The van der Waals surface area contributed by atoms with Crippen LogP contribution in [0.5, 0.6) is 0 Å². The number of carbonyl (C=O) groups excluding carboxylic acids is 3. The quantitative estimate of drug-likeness (QED) is 0.409. The van der Waals surface area contributed by atoms with Crippen LogP contribution in [0.2, 0.25) is 0 Å². The Bertz CT molecular complexity index is 804. The molecule has 0 unspecified atom stereocenters. The Morgan fingerprint density at radius 3 is 2.25 bits per heavy atom. The molecule has 1 N–H and O–H groups in total. The summed E-state index contributed by atoms with van der Waals surface area (Å²) in [6, 6.07) is 6.69. The monoisotopic (exact) mass is 447 g/mol. The van der Waals surface area contributed by atoms with Crippen LogP contribution in [-0.2, 0) is 14.3 Å². The summed E-state index contributed by atoms with van der Waals surface area (Å²) in [6.45, 7) is 3.11. The molecular weight excluding hydrogens is 422 g/mol. The summed E-state index contributed by atoms with van der Waals surface area (Å²) in [5.74, 6) is 0.553. The number of ether oxygens (including phenoxy) is 1. The van der Waals surface area contributed by atoms with Gasteiger partial charge in [0.05, 0.1) is 5.41 Å². The highest BCUT2D eigenvalue weighted by Crippen LogP contribution is 2.64. The van der Waals surface area contributed by atoms with Crippen molar-refractivity contribution >= 4 is 39.3 Å². The van der Waals surface area contributed by atoms with Crippen molar-refractivity contribution in [1.82, 2.24) is 0 Å². The van der Waals surface area contributed by atoms with Crippen LogP contribution in [-0.4, -0.2) is 28.1 Å². The number of esters is 1. The maximum Gasteiger partial charge on any atom is 0.312 e. The number of anilines is 1. The van der Waals surface area contributed by atoms with E-state index in [9.17, 15) is 14.4 Å². The largest absolute Gasteiger partial charge is 0.452 e. The van der Waals surface area contributed by atoms with Gasteiger partial charge in [0.2, 0.25) is 0 Å². The van der Waals surface area contributed by atoms with E-state index < -0.39 is 11.5 Å². The van der Waals surface area contributed by atoms with Gasteiger partial charge in [-0.2, -0.15) is 0 Å². The van der Waals surface area contributed by atoms with Crippen LogP contribution in [0, 0.1) is 17.3 Å². The second-order valence-corrected chi connectivity index (χ2v) is 10.7. The van der Waals surface area contributed by atoms with Gasteiger partial charge >= 0.3 is 5.97 Å². The average molecular weight is 448 g/mol. The molecule has 6 heteroatoms. The van der Waals surface area contributed by atoms with E-state index in [1.54, 1.807) is 31.2 Å². The van der Waals surface area contributed by atoms with Crippen molar-refractivity contribution in [3.63, 3.8) is 0 Å². The first-order valence-corrected chi connectivity index (χ1v) is 10.8. The Morgan fingerprint density at radius 1 is 1.11 bits per heavy atom. The van der Waals surface area contributed by atoms with Crippen molar-refractivity contribution in [3.8, 4) is 0 Å². The molecule has 1 aromatic carbocycles. The highest BCUT2D eigenvalue weighted by molar-refractivity contribution is 9.10. The van der Waals surface area contributed by atoms with E-state index in [1.165, 1.54) is 13.3 Å². The maximum atomic E-state index is 13.1. The van der Waals surface area contributed by atoms with E-state index in [0.29, 0.717) is 23.1 Å². The number of ketones is 1. The van der Waals surface area contributed by atoms with Gasteiger partial charge in [-0.15, -0.1) is 0 Å². The molecule has 5 rings (SSSR count). The summed E-state index contributed by atoms with van der Waals surface area (Å²) in [6.07, 6.45) is 5.23. The lowest BCUT2D eigenvalue weighted by Gasteiger charge is -2.58. The van der Waals surface area contributed by atoms with Gasteiger partial charge < -0.3 is 10.1 Å². The third kappa shape index (κ3) is 3.63. The van der Waals surface area contributed by atoms with Crippen molar-refractivity contribution < 1.29 is 19.1 Å². The number of hydrogen-bond acceptors (Lipinski definition) is 4. The Morgan fingerprint density at radius 2 is 1.71 bits per heavy atom. The van der Waals surface area contributed by atoms with Crippen LogP contribution in [0.1, 0.15) is 62.7 Å². The minimum absolute atomic E-state index is 0.0275. The highest BCUT2D eigenvalue weighted by Gasteiger charge is 2.60. The van der Waals surface area contributed by atoms with Crippen molar-refractivity contribution in [1.29, 1.82) is 0 Å². The van der Waals surface area contributed by atoms with Crippen LogP contribution >= 0.6 is 15.9 Å². The molecule has 0 saturated heterocycles. The Labute approximate surface area is 173 Å². The minimum atomic E-state index is -0.862. The van der Waals surface area contributed by atoms with Crippen molar-refractivity contribution in [2.75, 3.05) is 5.32 Å². The summed E-state index contributed by atoms with van der Waals surface area (Å²) in [4.78, 5) is 36.9. The second-order valence-electron chi connectivity index (χ2n) is 9.06. The number of halogens is 1. The normalized spacial score (nSPS) is 34.0. The molecule has 4 saturated carbocycles. The van der Waals surface area contributed by atoms with Gasteiger partial charge in [-0.25, -0.2) is 0 Å². The van der Waals surface area contributed by atoms with E-state index >= 15 is 0 Å². The van der Waals surface area contributed by atoms with Crippen molar-refractivity contribution in [2.45, 2.75) is 62.8 Å². The van der Waals surface area contributed by atoms with Crippen molar-refractivity contribution in [2.24, 2.45) is 17.3 Å². The smallest absolute Gasteiger partial charge is 0.312 e. The van der Waals surface area contributed by atoms with E-state index in [4.69, 9.17) is 4.74 Å². The van der Waals surface area contributed by atoms with E-state index in [2.05, 4.69) is 21.2 Å². The summed E-state index contributed by atoms with van der Waals surface area (Å²) in [5.41, 5.74) is 0.723. The fraction of sp³-hybridized carbons (Fsp3) is 0.591. The molecule has 0 heterocycles. The van der Waals surface area contributed by atoms with E-state index in [1.807, 2.05) is 0 Å². The van der Waals surface area contributed by atoms with Gasteiger partial charge in [-0.05, 0) is 88.5 Å². The number of benzene rings is 1. The lowest BCUT2D eigenvalue weighted by Crippen LogP contribution is -2.56. The number of alkyl halides is 1. The van der Waals surface area contributed by atoms with Gasteiger partial charge in [0.15, 0.2) is 11.9 Å². The summed E-state index contributed by atoms with van der Waals surface area (Å²) in [5, 5.41) is 2.76. The van der Waals surface area contributed by atoms with Crippen LogP contribution < -0.4 is 5.32 Å². The predicted octanol–water partition coefficient (Wildman–Crippen LogP) is 4.49. The molecule has 0 aromatic heterocycles. The minimum Gasteiger partial charge on any atom is -0.452 e. The Hall–Kier alpha value is -1.69. The molecule has 5 nitrogen and oxygen atoms in total. The summed E-state index contributed by atoms with van der Waals surface area (Å²) in [7, 11) is 0. The molecule has 4 aliphatic carbocycles. The third-order valence-corrected chi connectivity index (χ3v) is 7.56. The van der Waals surface area contributed by atoms with Crippen LogP contribution in [0.25, 0.3) is 0 Å². The van der Waals surface area contributed by atoms with Gasteiger partial charge in [-0.3, -0.25) is 14.4 Å². The lowest BCUT2D eigenvalue weighted by molar-refractivity contribution is -0.175. The molecule has 1 aromatic rings. The molecule has 150 valence electrons. The van der Waals surface area contributed by atoms with E-state index in [0.717, 1.165) is 32.1 Å². The summed E-state index contributed by atoms with van der Waals surface area (Å²) < 4.78 is 5.72. The first-order valence-electron chi connectivity index (χ1n) is 10.00. The Kier molecular flexibility index (Phi) is 4.89. The molecule has 4 aliphatic rings. The number of Topliss-reactive ketones (excluding diaryl/α,β-unsaturated/α-hetero) is 1. The molecule has 1 amide bonds. The molecule has 28 heavy (non-hydrogen) atoms. The molecule has 0 spiro atoms. The fourth-order valence-corrected chi connectivity index (χ4v) is 7.21. The molecule has 4 fully saturated rings. The average Bonchev–Trinajstić information content (AvgIpc) is 2.59. The zero-order valence-corrected chi connectivity index (χ0v) is 17.9. The molecular formula is C22H26BrNO4. The third-order valence-electron chi connectivity index (χ3n) is 6.63. The maximum absolute atomic E-state index is 13.1. The van der Waals surface area contributed by atoms with Crippen LogP contribution in [0.15, 0.2) is 24.3 Å². The standard InChI is InChI=1S/C22H26BrNO4/c1-13(25)17-3-5-18(6-4-17)24-19(26)14(2)28-20(27)21-8-15-7-16(9-21)11-22(23,10-15)12-21/h3-6,14-16H,7-12H2,1-2H3,(H,24,26)/t14-,15+,16+,21?,22?/m0/s1. The zero-order valence-electron chi connectivity index (χ0n) is 16.3. The summed E-state index contributed by atoms with van der Waals surface area (Å²) >= 11 is 3.91. The predicted molar refractivity (Wildman–Crippen MR) is 109 cm³/mol. The number of hydrogen-bond donors (Lipinski definition) is 1. The number of nitrogens with one attached hydrogen (secondary N) is 1. The Balaban J connectivity index is 1.39. The van der Waals surface area contributed by atoms with Gasteiger partial charge in [0.25, 0.3) is 5.91 Å². The molecule has 0 radical (unpaired) electrons. The lowest BCUT2D eigenvalue weighted by atomic mass is 9.49. The number of rotatable bonds is 5. The molecule has 0 aliphatic heterocycles. The molecule has 3 atom stereocenters. The van der Waals surface area contributed by atoms with Gasteiger partial charge in [0.1, 0.15) is 0 Å². The first-order chi connectivity index (χ1) is 13.2. The van der Waals surface area contributed by atoms with E-state index in [-0.39, 0.29) is 22.0 Å². The molecule has 4 bridgehead atoms. The van der Waals surface area contributed by atoms with Gasteiger partial charge in [-0.1, -0.05) is 15.9 Å². The SMILES string of the molecule is CC(=O)c1ccc(NC(=O)[C@H](C)OC(=O)C23C[C@H]4C[C@@H](CC(Br)(C4)C2)C3)cc1. The van der Waals surface area contributed by atoms with Crippen LogP contribution in [0.3, 0.4) is 0 Å². The second kappa shape index (κ2) is 6.97. The topological polar surface area (TPSA) is 72.5 Å². The van der Waals surface area contributed by atoms with Gasteiger partial charge in [0, 0.05) is 15.6 Å². The zero-order chi connectivity index (χ0) is 20.1. The van der Waals surface area contributed by atoms with Crippen molar-refractivity contribution in [3.05, 3.63) is 29.8 Å².